The normalized spacial score (nSPS) is 10.3. The highest BCUT2D eigenvalue weighted by Gasteiger charge is 2.14. The number of halogens is 2. The molecule has 0 unspecified atom stereocenters. The first-order chi connectivity index (χ1) is 12.9. The molecular formula is C18H14BrClN4O2S. The summed E-state index contributed by atoms with van der Waals surface area (Å²) in [5, 5.41) is 10.5. The Labute approximate surface area is 173 Å². The van der Waals surface area contributed by atoms with Crippen molar-refractivity contribution in [1.82, 2.24) is 4.98 Å². The molecule has 0 aliphatic heterocycles. The quantitative estimate of drug-likeness (QED) is 0.458. The molecule has 3 N–H and O–H groups in total. The molecule has 6 nitrogen and oxygen atoms in total. The van der Waals surface area contributed by atoms with Gasteiger partial charge in [-0.15, -0.1) is 11.3 Å². The maximum absolute atomic E-state index is 12.4. The molecule has 0 spiro atoms. The number of nitrogens with zero attached hydrogens (tertiary/aromatic N) is 1. The van der Waals surface area contributed by atoms with Crippen LogP contribution in [-0.2, 0) is 0 Å². The van der Waals surface area contributed by atoms with Gasteiger partial charge in [-0.1, -0.05) is 33.6 Å². The van der Waals surface area contributed by atoms with E-state index in [1.807, 2.05) is 19.1 Å². The van der Waals surface area contributed by atoms with E-state index in [-0.39, 0.29) is 11.6 Å². The summed E-state index contributed by atoms with van der Waals surface area (Å²) in [4.78, 5) is 28.5. The number of carbonyl (C=O) groups excluding carboxylic acids is 2. The largest absolute Gasteiger partial charge is 0.325 e. The van der Waals surface area contributed by atoms with Crippen LogP contribution in [0.3, 0.4) is 0 Å². The van der Waals surface area contributed by atoms with Gasteiger partial charge in [0.1, 0.15) is 5.69 Å². The van der Waals surface area contributed by atoms with E-state index in [0.29, 0.717) is 21.5 Å². The Bertz CT molecular complexity index is 1010. The van der Waals surface area contributed by atoms with Gasteiger partial charge in [0, 0.05) is 26.3 Å². The van der Waals surface area contributed by atoms with Gasteiger partial charge in [-0.05, 0) is 48.9 Å². The zero-order valence-corrected chi connectivity index (χ0v) is 17.2. The van der Waals surface area contributed by atoms with E-state index in [4.69, 9.17) is 11.6 Å². The average Bonchev–Trinajstić information content (AvgIpc) is 3.05. The predicted molar refractivity (Wildman–Crippen MR) is 113 cm³/mol. The van der Waals surface area contributed by atoms with E-state index < -0.39 is 6.03 Å². The fourth-order valence-corrected chi connectivity index (χ4v) is 3.57. The number of carbonyl (C=O) groups is 2. The molecule has 0 atom stereocenters. The van der Waals surface area contributed by atoms with E-state index >= 15 is 0 Å². The predicted octanol–water partition coefficient (Wildman–Crippen LogP) is 5.76. The Morgan fingerprint density at radius 3 is 2.67 bits per heavy atom. The van der Waals surface area contributed by atoms with Gasteiger partial charge < -0.3 is 10.6 Å². The van der Waals surface area contributed by atoms with E-state index in [1.165, 1.54) is 0 Å². The lowest BCUT2D eigenvalue weighted by molar-refractivity contribution is 0.102. The Kier molecular flexibility index (Phi) is 6.10. The lowest BCUT2D eigenvalue weighted by atomic mass is 10.2. The van der Waals surface area contributed by atoms with Crippen LogP contribution in [0.4, 0.5) is 21.3 Å². The summed E-state index contributed by atoms with van der Waals surface area (Å²) in [5.41, 5.74) is 2.40. The van der Waals surface area contributed by atoms with Crippen molar-refractivity contribution in [3.8, 4) is 0 Å². The van der Waals surface area contributed by atoms with Crippen molar-refractivity contribution in [3.63, 3.8) is 0 Å². The molecule has 3 amide bonds. The zero-order valence-electron chi connectivity index (χ0n) is 14.0. The summed E-state index contributed by atoms with van der Waals surface area (Å²) in [6.07, 6.45) is 0. The van der Waals surface area contributed by atoms with Gasteiger partial charge in [0.05, 0.1) is 0 Å². The molecule has 2 aromatic carbocycles. The van der Waals surface area contributed by atoms with Gasteiger partial charge in [-0.25, -0.2) is 9.78 Å². The number of nitrogens with one attached hydrogen (secondary N) is 3. The van der Waals surface area contributed by atoms with Crippen molar-refractivity contribution in [2.24, 2.45) is 0 Å². The Hall–Kier alpha value is -2.42. The van der Waals surface area contributed by atoms with Crippen LogP contribution in [0, 0.1) is 6.92 Å². The van der Waals surface area contributed by atoms with Gasteiger partial charge in [0.25, 0.3) is 5.91 Å². The van der Waals surface area contributed by atoms with Crippen LogP contribution in [0.5, 0.6) is 0 Å². The summed E-state index contributed by atoms with van der Waals surface area (Å²) in [6.45, 7) is 1.90. The van der Waals surface area contributed by atoms with Crippen molar-refractivity contribution < 1.29 is 9.59 Å². The fraction of sp³-hybridized carbons (Fsp3) is 0.0556. The first-order valence-electron chi connectivity index (χ1n) is 7.77. The maximum Gasteiger partial charge on any atom is 0.325 e. The number of aryl methyl sites for hydroxylation is 1. The van der Waals surface area contributed by atoms with E-state index in [1.54, 1.807) is 35.7 Å². The van der Waals surface area contributed by atoms with Crippen LogP contribution >= 0.6 is 38.9 Å². The topological polar surface area (TPSA) is 83.1 Å². The number of hydrogen-bond acceptors (Lipinski definition) is 4. The summed E-state index contributed by atoms with van der Waals surface area (Å²) in [6, 6.07) is 11.9. The molecular weight excluding hydrogens is 452 g/mol. The molecule has 1 heterocycles. The molecule has 0 aliphatic rings. The molecule has 9 heteroatoms. The molecule has 0 bridgehead atoms. The molecule has 0 saturated heterocycles. The van der Waals surface area contributed by atoms with Gasteiger partial charge in [0.2, 0.25) is 0 Å². The number of amides is 3. The highest BCUT2D eigenvalue weighted by molar-refractivity contribution is 9.10. The van der Waals surface area contributed by atoms with Crippen molar-refractivity contribution in [1.29, 1.82) is 0 Å². The van der Waals surface area contributed by atoms with E-state index in [2.05, 4.69) is 36.9 Å². The highest BCUT2D eigenvalue weighted by atomic mass is 79.9. The van der Waals surface area contributed by atoms with Crippen LogP contribution < -0.4 is 16.0 Å². The van der Waals surface area contributed by atoms with Crippen molar-refractivity contribution >= 4 is 67.3 Å². The number of anilines is 3. The number of hydrogen-bond donors (Lipinski definition) is 3. The first-order valence-corrected chi connectivity index (χ1v) is 9.82. The second-order valence-corrected chi connectivity index (χ2v) is 7.75. The van der Waals surface area contributed by atoms with E-state index in [9.17, 15) is 9.59 Å². The minimum Gasteiger partial charge on any atom is -0.320 e. The van der Waals surface area contributed by atoms with Crippen molar-refractivity contribution in [3.05, 3.63) is 68.6 Å². The molecule has 0 aliphatic carbocycles. The fourth-order valence-electron chi connectivity index (χ4n) is 2.21. The Balaban J connectivity index is 1.62. The van der Waals surface area contributed by atoms with Gasteiger partial charge in [-0.3, -0.25) is 10.1 Å². The maximum atomic E-state index is 12.4. The molecule has 3 rings (SSSR count). The first kappa shape index (κ1) is 19.3. The molecule has 0 saturated carbocycles. The second-order valence-electron chi connectivity index (χ2n) is 5.54. The molecule has 0 radical (unpaired) electrons. The SMILES string of the molecule is Cc1cc(Br)ccc1NC(=O)c1csc(NC(=O)Nc2cccc(Cl)c2)n1. The molecule has 27 heavy (non-hydrogen) atoms. The number of urea groups is 1. The van der Waals surface area contributed by atoms with Gasteiger partial charge >= 0.3 is 6.03 Å². The number of benzene rings is 2. The van der Waals surface area contributed by atoms with Crippen LogP contribution in [-0.4, -0.2) is 16.9 Å². The molecule has 138 valence electrons. The monoisotopic (exact) mass is 464 g/mol. The van der Waals surface area contributed by atoms with Crippen LogP contribution in [0.2, 0.25) is 5.02 Å². The third kappa shape index (κ3) is 5.29. The van der Waals surface area contributed by atoms with E-state index in [0.717, 1.165) is 21.4 Å². The minimum absolute atomic E-state index is 0.223. The molecule has 0 fully saturated rings. The zero-order chi connectivity index (χ0) is 19.4. The van der Waals surface area contributed by atoms with Crippen LogP contribution in [0.15, 0.2) is 52.3 Å². The lowest BCUT2D eigenvalue weighted by Crippen LogP contribution is -2.19. The summed E-state index contributed by atoms with van der Waals surface area (Å²) >= 11 is 10.4. The summed E-state index contributed by atoms with van der Waals surface area (Å²) < 4.78 is 0.934. The third-order valence-corrected chi connectivity index (χ3v) is 4.96. The Morgan fingerprint density at radius 2 is 1.93 bits per heavy atom. The standard InChI is InChI=1S/C18H14BrClN4O2S/c1-10-7-11(19)5-6-14(10)22-16(25)15-9-27-18(23-15)24-17(26)21-13-4-2-3-12(20)8-13/h2-9H,1H3,(H,22,25)(H2,21,23,24,26). The molecule has 1 aromatic heterocycles. The lowest BCUT2D eigenvalue weighted by Gasteiger charge is -2.07. The second kappa shape index (κ2) is 8.51. The molecule has 3 aromatic rings. The average molecular weight is 466 g/mol. The van der Waals surface area contributed by atoms with Crippen LogP contribution in [0.1, 0.15) is 16.1 Å². The summed E-state index contributed by atoms with van der Waals surface area (Å²) in [7, 11) is 0. The van der Waals surface area contributed by atoms with Crippen molar-refractivity contribution in [2.45, 2.75) is 6.92 Å². The van der Waals surface area contributed by atoms with Crippen LogP contribution in [0.25, 0.3) is 0 Å². The van der Waals surface area contributed by atoms with Gasteiger partial charge in [-0.2, -0.15) is 0 Å². The third-order valence-electron chi connectivity index (χ3n) is 3.48. The number of thiazole rings is 1. The summed E-state index contributed by atoms with van der Waals surface area (Å²) in [5.74, 6) is -0.347. The Morgan fingerprint density at radius 1 is 1.11 bits per heavy atom. The number of aromatic nitrogens is 1. The van der Waals surface area contributed by atoms with Gasteiger partial charge in [0.15, 0.2) is 5.13 Å². The highest BCUT2D eigenvalue weighted by Crippen LogP contribution is 2.22. The minimum atomic E-state index is -0.470. The van der Waals surface area contributed by atoms with Crippen molar-refractivity contribution in [2.75, 3.05) is 16.0 Å². The number of rotatable bonds is 4. The smallest absolute Gasteiger partial charge is 0.320 e.